The van der Waals surface area contributed by atoms with Crippen LogP contribution in [0.5, 0.6) is 0 Å². The molecule has 0 aromatic heterocycles. The molecule has 3 rings (SSSR count). The van der Waals surface area contributed by atoms with Gasteiger partial charge in [-0.05, 0) is 33.9 Å². The molecule has 0 spiro atoms. The third-order valence-corrected chi connectivity index (χ3v) is 4.59. The number of carbonyl (C=O) groups excluding carboxylic acids is 1. The molecule has 0 aliphatic rings. The Morgan fingerprint density at radius 3 is 2.48 bits per heavy atom. The molecule has 0 saturated heterocycles. The van der Waals surface area contributed by atoms with E-state index >= 15 is 0 Å². The zero-order chi connectivity index (χ0) is 20.6. The number of rotatable bonds is 7. The SMILES string of the molecule is C=[N+](C)/C=C\C(=C/CC)c1ccc2ccccc2c1C(=O)OCc1ccccc1. The normalized spacial score (nSPS) is 11.7. The molecule has 29 heavy (non-hydrogen) atoms. The summed E-state index contributed by atoms with van der Waals surface area (Å²) in [6, 6.07) is 21.7. The van der Waals surface area contributed by atoms with Crippen molar-refractivity contribution in [3.8, 4) is 0 Å². The number of allylic oxidation sites excluding steroid dienone is 3. The molecule has 0 atom stereocenters. The minimum atomic E-state index is -0.320. The fourth-order valence-electron chi connectivity index (χ4n) is 3.22. The van der Waals surface area contributed by atoms with E-state index in [4.69, 9.17) is 4.74 Å². The first-order chi connectivity index (χ1) is 14.1. The molecule has 0 N–H and O–H groups in total. The highest BCUT2D eigenvalue weighted by Gasteiger charge is 2.19. The Morgan fingerprint density at radius 1 is 1.03 bits per heavy atom. The zero-order valence-electron chi connectivity index (χ0n) is 17.0. The van der Waals surface area contributed by atoms with E-state index in [-0.39, 0.29) is 12.6 Å². The number of esters is 1. The van der Waals surface area contributed by atoms with Gasteiger partial charge in [-0.3, -0.25) is 0 Å². The second-order valence-electron chi connectivity index (χ2n) is 6.91. The van der Waals surface area contributed by atoms with Crippen molar-refractivity contribution in [3.63, 3.8) is 0 Å². The fraction of sp³-hybridized carbons (Fsp3) is 0.154. The van der Waals surface area contributed by atoms with Crippen molar-refractivity contribution in [1.82, 2.24) is 0 Å². The van der Waals surface area contributed by atoms with Gasteiger partial charge in [0.15, 0.2) is 6.20 Å². The number of nitrogens with zero attached hydrogens (tertiary/aromatic N) is 1. The number of ether oxygens (including phenoxy) is 1. The van der Waals surface area contributed by atoms with Gasteiger partial charge in [-0.15, -0.1) is 0 Å². The van der Waals surface area contributed by atoms with Gasteiger partial charge in [-0.2, -0.15) is 0 Å². The number of hydrogen-bond donors (Lipinski definition) is 0. The first-order valence-electron chi connectivity index (χ1n) is 9.75. The van der Waals surface area contributed by atoms with Gasteiger partial charge in [0.1, 0.15) is 20.4 Å². The van der Waals surface area contributed by atoms with Crippen LogP contribution in [-0.2, 0) is 11.3 Å². The largest absolute Gasteiger partial charge is 0.457 e. The molecule has 0 aliphatic carbocycles. The van der Waals surface area contributed by atoms with Gasteiger partial charge in [0.25, 0.3) is 0 Å². The summed E-state index contributed by atoms with van der Waals surface area (Å²) < 4.78 is 7.44. The minimum Gasteiger partial charge on any atom is -0.457 e. The van der Waals surface area contributed by atoms with E-state index in [9.17, 15) is 4.79 Å². The predicted octanol–water partition coefficient (Wildman–Crippen LogP) is 5.85. The third-order valence-electron chi connectivity index (χ3n) is 4.59. The summed E-state index contributed by atoms with van der Waals surface area (Å²) in [5.41, 5.74) is 3.39. The van der Waals surface area contributed by atoms with Crippen LogP contribution < -0.4 is 0 Å². The van der Waals surface area contributed by atoms with Crippen LogP contribution in [0.4, 0.5) is 0 Å². The minimum absolute atomic E-state index is 0.243. The van der Waals surface area contributed by atoms with Gasteiger partial charge in [-0.1, -0.05) is 79.7 Å². The summed E-state index contributed by atoms with van der Waals surface area (Å²) in [5, 5.41) is 1.90. The smallest absolute Gasteiger partial charge is 0.339 e. The Balaban J connectivity index is 2.07. The maximum absolute atomic E-state index is 13.2. The molecule has 146 valence electrons. The van der Waals surface area contributed by atoms with Crippen molar-refractivity contribution in [3.05, 3.63) is 102 Å². The summed E-state index contributed by atoms with van der Waals surface area (Å²) in [6.45, 7) is 6.18. The summed E-state index contributed by atoms with van der Waals surface area (Å²) in [7, 11) is 1.87. The second-order valence-corrected chi connectivity index (χ2v) is 6.91. The highest BCUT2D eigenvalue weighted by molar-refractivity contribution is 6.09. The highest BCUT2D eigenvalue weighted by atomic mass is 16.5. The quantitative estimate of drug-likeness (QED) is 0.221. The van der Waals surface area contributed by atoms with Crippen LogP contribution in [0.15, 0.2) is 85.1 Å². The predicted molar refractivity (Wildman–Crippen MR) is 120 cm³/mol. The van der Waals surface area contributed by atoms with Crippen molar-refractivity contribution in [2.75, 3.05) is 7.05 Å². The van der Waals surface area contributed by atoms with Gasteiger partial charge in [0.05, 0.1) is 5.56 Å². The van der Waals surface area contributed by atoms with E-state index in [2.05, 4.69) is 19.7 Å². The van der Waals surface area contributed by atoms with E-state index in [1.807, 2.05) is 86.1 Å². The molecule has 0 amide bonds. The summed E-state index contributed by atoms with van der Waals surface area (Å²) >= 11 is 0. The van der Waals surface area contributed by atoms with Crippen molar-refractivity contribution in [2.45, 2.75) is 20.0 Å². The number of carbonyl (C=O) groups is 1. The maximum atomic E-state index is 13.2. The monoisotopic (exact) mass is 384 g/mol. The average molecular weight is 384 g/mol. The van der Waals surface area contributed by atoms with Crippen LogP contribution in [-0.4, -0.2) is 24.3 Å². The summed E-state index contributed by atoms with van der Waals surface area (Å²) in [4.78, 5) is 13.2. The Kier molecular flexibility index (Phi) is 6.75. The zero-order valence-corrected chi connectivity index (χ0v) is 17.0. The van der Waals surface area contributed by atoms with Crippen molar-refractivity contribution >= 4 is 29.0 Å². The lowest BCUT2D eigenvalue weighted by atomic mass is 9.93. The van der Waals surface area contributed by atoms with E-state index in [1.165, 1.54) is 0 Å². The Morgan fingerprint density at radius 2 is 1.76 bits per heavy atom. The molecule has 0 unspecified atom stereocenters. The van der Waals surface area contributed by atoms with Gasteiger partial charge in [-0.25, -0.2) is 9.37 Å². The highest BCUT2D eigenvalue weighted by Crippen LogP contribution is 2.29. The Bertz CT molecular complexity index is 1080. The van der Waals surface area contributed by atoms with Crippen LogP contribution in [0.3, 0.4) is 0 Å². The molecule has 3 heteroatoms. The van der Waals surface area contributed by atoms with Crippen LogP contribution in [0.25, 0.3) is 16.3 Å². The van der Waals surface area contributed by atoms with Crippen LogP contribution in [0, 0.1) is 0 Å². The Hall–Kier alpha value is -3.46. The molecule has 3 aromatic rings. The standard InChI is InChI=1S/C26H26NO2/c1-4-10-21(17-18-27(2)3)24-16-15-22-13-8-9-14-23(22)25(24)26(28)29-19-20-11-6-5-7-12-20/h5-18H,2,4,19H2,1,3H3/q+1/b18-17-,21-10+. The first-order valence-corrected chi connectivity index (χ1v) is 9.75. The van der Waals surface area contributed by atoms with Gasteiger partial charge in [0, 0.05) is 6.08 Å². The lowest BCUT2D eigenvalue weighted by Crippen LogP contribution is -2.09. The molecular formula is C26H26NO2+. The maximum Gasteiger partial charge on any atom is 0.339 e. The molecule has 0 fully saturated rings. The van der Waals surface area contributed by atoms with E-state index in [0.717, 1.165) is 33.9 Å². The number of benzene rings is 3. The third kappa shape index (κ3) is 5.08. The lowest BCUT2D eigenvalue weighted by Gasteiger charge is -2.14. The topological polar surface area (TPSA) is 29.3 Å². The van der Waals surface area contributed by atoms with Crippen LogP contribution in [0.1, 0.15) is 34.8 Å². The molecular weight excluding hydrogens is 358 g/mol. The molecule has 0 bridgehead atoms. The van der Waals surface area contributed by atoms with Gasteiger partial charge < -0.3 is 4.74 Å². The number of hydrogen-bond acceptors (Lipinski definition) is 2. The Labute approximate surface area is 172 Å². The van der Waals surface area contributed by atoms with E-state index in [1.54, 1.807) is 4.58 Å². The van der Waals surface area contributed by atoms with Gasteiger partial charge >= 0.3 is 5.97 Å². The van der Waals surface area contributed by atoms with Crippen molar-refractivity contribution in [1.29, 1.82) is 0 Å². The van der Waals surface area contributed by atoms with Crippen molar-refractivity contribution in [2.24, 2.45) is 0 Å². The van der Waals surface area contributed by atoms with E-state index < -0.39 is 0 Å². The molecule has 0 radical (unpaired) electrons. The molecule has 0 saturated carbocycles. The lowest BCUT2D eigenvalue weighted by molar-refractivity contribution is -0.411. The van der Waals surface area contributed by atoms with E-state index in [0.29, 0.717) is 5.56 Å². The molecule has 3 aromatic carbocycles. The molecule has 0 aliphatic heterocycles. The summed E-state index contributed by atoms with van der Waals surface area (Å²) in [6.07, 6.45) is 6.83. The molecule has 0 heterocycles. The second kappa shape index (κ2) is 9.65. The molecule has 3 nitrogen and oxygen atoms in total. The fourth-order valence-corrected chi connectivity index (χ4v) is 3.22. The first kappa shape index (κ1) is 20.3. The van der Waals surface area contributed by atoms with Crippen molar-refractivity contribution < 1.29 is 14.1 Å². The summed E-state index contributed by atoms with van der Waals surface area (Å²) in [5.74, 6) is -0.320. The number of fused-ring (bicyclic) bond motifs is 1. The van der Waals surface area contributed by atoms with Crippen LogP contribution >= 0.6 is 0 Å². The van der Waals surface area contributed by atoms with Crippen LogP contribution in [0.2, 0.25) is 0 Å². The average Bonchev–Trinajstić information content (AvgIpc) is 2.75. The van der Waals surface area contributed by atoms with Gasteiger partial charge in [0.2, 0.25) is 0 Å².